The van der Waals surface area contributed by atoms with E-state index >= 15 is 0 Å². The van der Waals surface area contributed by atoms with Gasteiger partial charge in [-0.3, -0.25) is 4.79 Å². The van der Waals surface area contributed by atoms with E-state index in [4.69, 9.17) is 27.9 Å². The van der Waals surface area contributed by atoms with Crippen LogP contribution in [0.3, 0.4) is 0 Å². The Balaban J connectivity index is 2.14. The van der Waals surface area contributed by atoms with Gasteiger partial charge in [-0.05, 0) is 49.7 Å². The minimum absolute atomic E-state index is 0.0677. The number of halogens is 2. The highest BCUT2D eigenvalue weighted by atomic mass is 35.5. The molecule has 2 N–H and O–H groups in total. The van der Waals surface area contributed by atoms with Gasteiger partial charge in [-0.25, -0.2) is 8.42 Å². The van der Waals surface area contributed by atoms with Gasteiger partial charge in [-0.15, -0.1) is 0 Å². The molecule has 0 heterocycles. The van der Waals surface area contributed by atoms with Crippen LogP contribution in [-0.2, 0) is 14.8 Å². The molecule has 2 aromatic rings. The second-order valence-corrected chi connectivity index (χ2v) is 8.07. The number of ether oxygens (including phenoxy) is 1. The molecule has 0 bridgehead atoms. The molecule has 0 spiro atoms. The number of benzene rings is 2. The van der Waals surface area contributed by atoms with E-state index in [2.05, 4.69) is 10.0 Å². The lowest BCUT2D eigenvalue weighted by Gasteiger charge is -2.16. The number of carbonyl (C=O) groups is 1. The Labute approximate surface area is 162 Å². The summed E-state index contributed by atoms with van der Waals surface area (Å²) < 4.78 is 32.2. The van der Waals surface area contributed by atoms with Crippen molar-refractivity contribution in [3.63, 3.8) is 0 Å². The van der Waals surface area contributed by atoms with E-state index in [0.29, 0.717) is 22.0 Å². The molecule has 1 amide bonds. The van der Waals surface area contributed by atoms with E-state index in [1.54, 1.807) is 25.1 Å². The number of methoxy groups -OCH3 is 1. The summed E-state index contributed by atoms with van der Waals surface area (Å²) in [5, 5.41) is 3.32. The second-order valence-electron chi connectivity index (χ2n) is 5.54. The van der Waals surface area contributed by atoms with Crippen LogP contribution in [0, 0.1) is 6.92 Å². The summed E-state index contributed by atoms with van der Waals surface area (Å²) in [6.07, 6.45) is 0. The highest BCUT2D eigenvalue weighted by molar-refractivity contribution is 7.89. The first kappa shape index (κ1) is 20.5. The normalized spacial score (nSPS) is 12.5. The van der Waals surface area contributed by atoms with Gasteiger partial charge < -0.3 is 10.1 Å². The predicted molar refractivity (Wildman–Crippen MR) is 103 cm³/mol. The molecule has 0 saturated carbocycles. The Morgan fingerprint density at radius 1 is 1.15 bits per heavy atom. The second kappa shape index (κ2) is 8.26. The van der Waals surface area contributed by atoms with Crippen LogP contribution in [0.15, 0.2) is 41.3 Å². The average molecular weight is 417 g/mol. The van der Waals surface area contributed by atoms with Gasteiger partial charge in [0.15, 0.2) is 0 Å². The molecule has 0 fully saturated rings. The predicted octanol–water partition coefficient (Wildman–Crippen LogP) is 3.62. The summed E-state index contributed by atoms with van der Waals surface area (Å²) in [7, 11) is -2.51. The molecule has 9 heteroatoms. The van der Waals surface area contributed by atoms with E-state index in [9.17, 15) is 13.2 Å². The zero-order valence-corrected chi connectivity index (χ0v) is 16.7. The fourth-order valence-electron chi connectivity index (χ4n) is 2.15. The highest BCUT2D eigenvalue weighted by Crippen LogP contribution is 2.27. The van der Waals surface area contributed by atoms with Gasteiger partial charge in [0.1, 0.15) is 5.75 Å². The van der Waals surface area contributed by atoms with E-state index < -0.39 is 22.0 Å². The monoisotopic (exact) mass is 416 g/mol. The first-order chi connectivity index (χ1) is 12.2. The third kappa shape index (κ3) is 4.67. The van der Waals surface area contributed by atoms with Crippen LogP contribution in [0.5, 0.6) is 5.75 Å². The number of anilines is 1. The van der Waals surface area contributed by atoms with Crippen molar-refractivity contribution < 1.29 is 17.9 Å². The lowest BCUT2D eigenvalue weighted by molar-refractivity contribution is -0.117. The minimum atomic E-state index is -3.94. The zero-order chi connectivity index (χ0) is 19.5. The molecule has 0 radical (unpaired) electrons. The van der Waals surface area contributed by atoms with Crippen LogP contribution < -0.4 is 14.8 Å². The Morgan fingerprint density at radius 3 is 2.46 bits per heavy atom. The molecular formula is C17H18Cl2N2O4S. The Hall–Kier alpha value is -1.80. The fourth-order valence-corrected chi connectivity index (χ4v) is 3.88. The summed E-state index contributed by atoms with van der Waals surface area (Å²) in [4.78, 5) is 12.3. The number of hydrogen-bond donors (Lipinski definition) is 2. The third-order valence-electron chi connectivity index (χ3n) is 3.68. The van der Waals surface area contributed by atoms with E-state index in [1.165, 1.54) is 32.2 Å². The van der Waals surface area contributed by atoms with Gasteiger partial charge in [0, 0.05) is 10.7 Å². The molecule has 0 saturated heterocycles. The van der Waals surface area contributed by atoms with Crippen LogP contribution in [0.1, 0.15) is 12.5 Å². The van der Waals surface area contributed by atoms with Gasteiger partial charge in [-0.2, -0.15) is 4.72 Å². The Morgan fingerprint density at radius 2 is 1.85 bits per heavy atom. The Bertz CT molecular complexity index is 932. The zero-order valence-electron chi connectivity index (χ0n) is 14.3. The smallest absolute Gasteiger partial charge is 0.242 e. The van der Waals surface area contributed by atoms with Crippen molar-refractivity contribution in [1.82, 2.24) is 4.72 Å². The molecule has 2 rings (SSSR count). The molecule has 140 valence electrons. The number of sulfonamides is 1. The summed E-state index contributed by atoms with van der Waals surface area (Å²) in [6.45, 7) is 3.20. The van der Waals surface area contributed by atoms with Crippen molar-refractivity contribution in [2.24, 2.45) is 0 Å². The number of rotatable bonds is 6. The maximum absolute atomic E-state index is 12.5. The lowest BCUT2D eigenvalue weighted by atomic mass is 10.2. The van der Waals surface area contributed by atoms with Crippen molar-refractivity contribution in [3.8, 4) is 5.75 Å². The molecule has 0 aliphatic heterocycles. The van der Waals surface area contributed by atoms with Gasteiger partial charge in [-0.1, -0.05) is 29.3 Å². The topological polar surface area (TPSA) is 84.5 Å². The van der Waals surface area contributed by atoms with E-state index in [1.807, 2.05) is 0 Å². The van der Waals surface area contributed by atoms with Gasteiger partial charge in [0.2, 0.25) is 15.9 Å². The number of nitrogens with one attached hydrogen (secondary N) is 2. The fraction of sp³-hybridized carbons (Fsp3) is 0.235. The quantitative estimate of drug-likeness (QED) is 0.752. The molecular weight excluding hydrogens is 399 g/mol. The molecule has 0 aromatic heterocycles. The van der Waals surface area contributed by atoms with Crippen molar-refractivity contribution >= 4 is 44.8 Å². The number of hydrogen-bond acceptors (Lipinski definition) is 4. The van der Waals surface area contributed by atoms with Gasteiger partial charge >= 0.3 is 0 Å². The molecule has 1 atom stereocenters. The summed E-state index contributed by atoms with van der Waals surface area (Å²) in [6, 6.07) is 8.11. The van der Waals surface area contributed by atoms with Gasteiger partial charge in [0.05, 0.1) is 23.1 Å². The third-order valence-corrected chi connectivity index (χ3v) is 5.93. The van der Waals surface area contributed by atoms with Crippen molar-refractivity contribution in [2.45, 2.75) is 24.8 Å². The molecule has 26 heavy (non-hydrogen) atoms. The van der Waals surface area contributed by atoms with Crippen LogP contribution >= 0.6 is 23.2 Å². The van der Waals surface area contributed by atoms with Crippen LogP contribution in [0.2, 0.25) is 10.0 Å². The van der Waals surface area contributed by atoms with Gasteiger partial charge in [0.25, 0.3) is 0 Å². The first-order valence-corrected chi connectivity index (χ1v) is 9.81. The number of carbonyl (C=O) groups excluding carboxylic acids is 1. The molecule has 0 unspecified atom stereocenters. The summed E-state index contributed by atoms with van der Waals surface area (Å²) >= 11 is 12.0. The van der Waals surface area contributed by atoms with Crippen molar-refractivity contribution in [3.05, 3.63) is 52.0 Å². The average Bonchev–Trinajstić information content (AvgIpc) is 2.58. The SMILES string of the molecule is COc1ccc(S(=O)(=O)N[C@H](C)C(=O)Nc2cccc(Cl)c2C)cc1Cl. The van der Waals surface area contributed by atoms with Crippen LogP contribution in [-0.4, -0.2) is 27.5 Å². The molecule has 0 aliphatic rings. The minimum Gasteiger partial charge on any atom is -0.495 e. The van der Waals surface area contributed by atoms with E-state index in [-0.39, 0.29) is 9.92 Å². The maximum atomic E-state index is 12.5. The number of amides is 1. The largest absolute Gasteiger partial charge is 0.495 e. The maximum Gasteiger partial charge on any atom is 0.242 e. The van der Waals surface area contributed by atoms with Crippen molar-refractivity contribution in [1.29, 1.82) is 0 Å². The Kier molecular flexibility index (Phi) is 6.52. The molecule has 0 aliphatic carbocycles. The van der Waals surface area contributed by atoms with Crippen LogP contribution in [0.4, 0.5) is 5.69 Å². The van der Waals surface area contributed by atoms with Crippen molar-refractivity contribution in [2.75, 3.05) is 12.4 Å². The molecule has 6 nitrogen and oxygen atoms in total. The lowest BCUT2D eigenvalue weighted by Crippen LogP contribution is -2.41. The van der Waals surface area contributed by atoms with Crippen LogP contribution in [0.25, 0.3) is 0 Å². The molecule has 2 aromatic carbocycles. The van der Waals surface area contributed by atoms with E-state index in [0.717, 1.165) is 0 Å². The highest BCUT2D eigenvalue weighted by Gasteiger charge is 2.23. The summed E-state index contributed by atoms with van der Waals surface area (Å²) in [5.41, 5.74) is 1.21. The first-order valence-electron chi connectivity index (χ1n) is 7.57. The standard InChI is InChI=1S/C17H18Cl2N2O4S/c1-10-13(18)5-4-6-15(10)20-17(22)11(2)21-26(23,24)12-7-8-16(25-3)14(19)9-12/h4-9,11,21H,1-3H3,(H,20,22)/t11-/m1/s1. The summed E-state index contributed by atoms with van der Waals surface area (Å²) in [5.74, 6) is -0.161.